The van der Waals surface area contributed by atoms with Gasteiger partial charge in [-0.15, -0.1) is 0 Å². The van der Waals surface area contributed by atoms with Gasteiger partial charge < -0.3 is 15.5 Å². The average Bonchev–Trinajstić information content (AvgIpc) is 3.23. The van der Waals surface area contributed by atoms with Crippen LogP contribution in [-0.2, 0) is 4.79 Å². The van der Waals surface area contributed by atoms with E-state index in [1.165, 1.54) is 263 Å². The van der Waals surface area contributed by atoms with Gasteiger partial charge in [0.05, 0.1) is 18.8 Å². The highest BCUT2D eigenvalue weighted by Crippen LogP contribution is 2.18. The summed E-state index contributed by atoms with van der Waals surface area (Å²) in [5.41, 5.74) is 0. The van der Waals surface area contributed by atoms with E-state index in [4.69, 9.17) is 0 Å². The van der Waals surface area contributed by atoms with E-state index in [-0.39, 0.29) is 12.5 Å². The first-order valence-electron chi connectivity index (χ1n) is 26.9. The van der Waals surface area contributed by atoms with Gasteiger partial charge in [-0.05, 0) is 19.3 Å². The average molecular weight is 818 g/mol. The summed E-state index contributed by atoms with van der Waals surface area (Å²) in [6, 6.07) is -0.618. The van der Waals surface area contributed by atoms with Crippen molar-refractivity contribution in [3.05, 3.63) is 12.2 Å². The van der Waals surface area contributed by atoms with E-state index in [0.29, 0.717) is 6.42 Å². The number of carbonyl (C=O) groups excluding carboxylic acids is 1. The van der Waals surface area contributed by atoms with Crippen LogP contribution >= 0.6 is 0 Å². The molecular weight excluding hydrogens is 711 g/mol. The molecule has 0 aliphatic heterocycles. The Morgan fingerprint density at radius 2 is 0.638 bits per heavy atom. The molecule has 0 aliphatic carbocycles. The summed E-state index contributed by atoms with van der Waals surface area (Å²) < 4.78 is 0. The Balaban J connectivity index is 3.46. The fraction of sp³-hybridized carbons (Fsp3) is 0.944. The Kier molecular flexibility index (Phi) is 49.7. The van der Waals surface area contributed by atoms with E-state index in [2.05, 4.69) is 19.2 Å². The van der Waals surface area contributed by atoms with E-state index in [1.54, 1.807) is 6.08 Å². The van der Waals surface area contributed by atoms with Gasteiger partial charge in [-0.1, -0.05) is 296 Å². The molecule has 0 aromatic rings. The van der Waals surface area contributed by atoms with Crippen LogP contribution in [-0.4, -0.2) is 34.9 Å². The maximum atomic E-state index is 12.5. The number of nitrogens with one attached hydrogen (secondary N) is 1. The fourth-order valence-corrected chi connectivity index (χ4v) is 8.65. The van der Waals surface area contributed by atoms with Gasteiger partial charge in [-0.3, -0.25) is 4.79 Å². The van der Waals surface area contributed by atoms with Gasteiger partial charge in [0.2, 0.25) is 5.91 Å². The summed E-state index contributed by atoms with van der Waals surface area (Å²) in [7, 11) is 0. The van der Waals surface area contributed by atoms with Crippen LogP contribution in [0.5, 0.6) is 0 Å². The molecule has 0 heterocycles. The van der Waals surface area contributed by atoms with E-state index in [9.17, 15) is 15.0 Å². The molecule has 0 radical (unpaired) electrons. The summed E-state index contributed by atoms with van der Waals surface area (Å²) in [5, 5.41) is 23.2. The second-order valence-electron chi connectivity index (χ2n) is 18.7. The predicted molar refractivity (Wildman–Crippen MR) is 258 cm³/mol. The second-order valence-corrected chi connectivity index (χ2v) is 18.7. The molecule has 58 heavy (non-hydrogen) atoms. The molecule has 1 amide bonds. The third-order valence-corrected chi connectivity index (χ3v) is 12.8. The Morgan fingerprint density at radius 1 is 0.397 bits per heavy atom. The molecule has 0 bridgehead atoms. The van der Waals surface area contributed by atoms with Crippen LogP contribution in [0.25, 0.3) is 0 Å². The number of rotatable bonds is 50. The number of aliphatic hydroxyl groups is 2. The minimum atomic E-state index is -0.835. The molecule has 4 heteroatoms. The third-order valence-electron chi connectivity index (χ3n) is 12.8. The highest BCUT2D eigenvalue weighted by Gasteiger charge is 2.18. The number of carbonyl (C=O) groups is 1. The van der Waals surface area contributed by atoms with E-state index in [1.807, 2.05) is 6.08 Å². The Morgan fingerprint density at radius 3 is 0.897 bits per heavy atom. The van der Waals surface area contributed by atoms with E-state index >= 15 is 0 Å². The first-order chi connectivity index (χ1) is 28.7. The summed E-state index contributed by atoms with van der Waals surface area (Å²) in [5.74, 6) is -0.0561. The SMILES string of the molecule is CCCCCCCCCCCCCCCCCCCCCC/C=C/C(O)C(CO)NC(=O)CCCCCCCCCCCCCCCCCCCCCCCCCC. The van der Waals surface area contributed by atoms with Crippen LogP contribution in [0.15, 0.2) is 12.2 Å². The van der Waals surface area contributed by atoms with Crippen LogP contribution < -0.4 is 5.32 Å². The molecule has 0 saturated carbocycles. The molecule has 0 aliphatic rings. The van der Waals surface area contributed by atoms with Crippen LogP contribution in [0.4, 0.5) is 0 Å². The van der Waals surface area contributed by atoms with E-state index in [0.717, 1.165) is 25.7 Å². The smallest absolute Gasteiger partial charge is 0.220 e. The summed E-state index contributed by atoms with van der Waals surface area (Å²) in [6.45, 7) is 4.35. The monoisotopic (exact) mass is 818 g/mol. The van der Waals surface area contributed by atoms with Gasteiger partial charge in [-0.2, -0.15) is 0 Å². The van der Waals surface area contributed by atoms with Crippen LogP contribution in [0.3, 0.4) is 0 Å². The molecule has 346 valence electrons. The quantitative estimate of drug-likeness (QED) is 0.0423. The number of unbranched alkanes of at least 4 members (excludes halogenated alkanes) is 43. The standard InChI is InChI=1S/C54H107NO3/c1-3-5-7-9-11-13-15-17-19-21-23-25-27-28-30-32-34-36-38-40-42-44-46-48-50-54(58)55-52(51-56)53(57)49-47-45-43-41-39-37-35-33-31-29-26-24-22-20-18-16-14-12-10-8-6-4-2/h47,49,52-53,56-57H,3-46,48,50-51H2,1-2H3,(H,55,58)/b49-47+. The highest BCUT2D eigenvalue weighted by atomic mass is 16.3. The zero-order valence-corrected chi connectivity index (χ0v) is 39.8. The first-order valence-corrected chi connectivity index (χ1v) is 26.9. The maximum Gasteiger partial charge on any atom is 0.220 e. The lowest BCUT2D eigenvalue weighted by atomic mass is 10.0. The molecular formula is C54H107NO3. The number of hydrogen-bond acceptors (Lipinski definition) is 3. The van der Waals surface area contributed by atoms with Crippen LogP contribution in [0.2, 0.25) is 0 Å². The molecule has 2 unspecified atom stereocenters. The van der Waals surface area contributed by atoms with Crippen molar-refractivity contribution in [3.8, 4) is 0 Å². The van der Waals surface area contributed by atoms with Crippen LogP contribution in [0.1, 0.15) is 309 Å². The summed E-state index contributed by atoms with van der Waals surface area (Å²) in [4.78, 5) is 12.5. The molecule has 0 aromatic heterocycles. The zero-order valence-electron chi connectivity index (χ0n) is 39.8. The zero-order chi connectivity index (χ0) is 42.1. The van der Waals surface area contributed by atoms with Gasteiger partial charge in [0.25, 0.3) is 0 Å². The van der Waals surface area contributed by atoms with Crippen molar-refractivity contribution in [1.29, 1.82) is 0 Å². The topological polar surface area (TPSA) is 69.6 Å². The molecule has 0 rings (SSSR count). The number of allylic oxidation sites excluding steroid dienone is 1. The van der Waals surface area contributed by atoms with Gasteiger partial charge in [0, 0.05) is 6.42 Å². The maximum absolute atomic E-state index is 12.5. The highest BCUT2D eigenvalue weighted by molar-refractivity contribution is 5.76. The van der Waals surface area contributed by atoms with Crippen molar-refractivity contribution < 1.29 is 15.0 Å². The predicted octanol–water partition coefficient (Wildman–Crippen LogP) is 17.4. The van der Waals surface area contributed by atoms with Gasteiger partial charge >= 0.3 is 0 Å². The lowest BCUT2D eigenvalue weighted by Gasteiger charge is -2.20. The van der Waals surface area contributed by atoms with Crippen LogP contribution in [0, 0.1) is 0 Å². The summed E-state index contributed by atoms with van der Waals surface area (Å²) >= 11 is 0. The van der Waals surface area contributed by atoms with Crippen molar-refractivity contribution in [1.82, 2.24) is 5.32 Å². The Labute approximate surface area is 365 Å². The molecule has 0 aromatic carbocycles. The second kappa shape index (κ2) is 50.5. The largest absolute Gasteiger partial charge is 0.394 e. The molecule has 0 fully saturated rings. The molecule has 4 nitrogen and oxygen atoms in total. The molecule has 2 atom stereocenters. The van der Waals surface area contributed by atoms with Crippen molar-refractivity contribution >= 4 is 5.91 Å². The molecule has 0 saturated heterocycles. The minimum Gasteiger partial charge on any atom is -0.394 e. The van der Waals surface area contributed by atoms with Gasteiger partial charge in [-0.25, -0.2) is 0 Å². The molecule has 0 spiro atoms. The molecule has 3 N–H and O–H groups in total. The van der Waals surface area contributed by atoms with Crippen molar-refractivity contribution in [2.75, 3.05) is 6.61 Å². The Hall–Kier alpha value is -0.870. The van der Waals surface area contributed by atoms with Gasteiger partial charge in [0.1, 0.15) is 0 Å². The van der Waals surface area contributed by atoms with E-state index < -0.39 is 12.1 Å². The number of hydrogen-bond donors (Lipinski definition) is 3. The minimum absolute atomic E-state index is 0.0561. The Bertz CT molecular complexity index is 799. The summed E-state index contributed by atoms with van der Waals surface area (Å²) in [6.07, 6.45) is 65.0. The number of amides is 1. The lowest BCUT2D eigenvalue weighted by Crippen LogP contribution is -2.45. The first kappa shape index (κ1) is 57.1. The van der Waals surface area contributed by atoms with Gasteiger partial charge in [0.15, 0.2) is 0 Å². The normalized spacial score (nSPS) is 12.8. The van der Waals surface area contributed by atoms with Crippen molar-refractivity contribution in [3.63, 3.8) is 0 Å². The van der Waals surface area contributed by atoms with Crippen molar-refractivity contribution in [2.45, 2.75) is 321 Å². The number of aliphatic hydroxyl groups excluding tert-OH is 2. The van der Waals surface area contributed by atoms with Crippen molar-refractivity contribution in [2.24, 2.45) is 0 Å². The fourth-order valence-electron chi connectivity index (χ4n) is 8.65. The third kappa shape index (κ3) is 46.2. The lowest BCUT2D eigenvalue weighted by molar-refractivity contribution is -0.123.